The number of methoxy groups -OCH3 is 1. The first-order valence-corrected chi connectivity index (χ1v) is 8.53. The van der Waals surface area contributed by atoms with Crippen molar-refractivity contribution in [2.24, 2.45) is 0 Å². The summed E-state index contributed by atoms with van der Waals surface area (Å²) in [6.45, 7) is 0. The Morgan fingerprint density at radius 3 is 2.30 bits per heavy atom. The number of nitrogens with one attached hydrogen (secondary N) is 2. The number of furan rings is 1. The normalized spacial score (nSPS) is 10.6. The van der Waals surface area contributed by atoms with Crippen LogP contribution in [0, 0.1) is 0 Å². The quantitative estimate of drug-likeness (QED) is 0.499. The molecule has 0 aliphatic carbocycles. The van der Waals surface area contributed by atoms with E-state index < -0.39 is 0 Å². The Hall–Kier alpha value is -3.73. The van der Waals surface area contributed by atoms with E-state index in [-0.39, 0.29) is 11.7 Å². The van der Waals surface area contributed by atoms with E-state index in [1.165, 1.54) is 0 Å². The van der Waals surface area contributed by atoms with Crippen LogP contribution in [0.5, 0.6) is 5.75 Å². The lowest BCUT2D eigenvalue weighted by molar-refractivity contribution is 0.0998. The molecule has 1 amide bonds. The van der Waals surface area contributed by atoms with E-state index in [4.69, 9.17) is 9.15 Å². The van der Waals surface area contributed by atoms with Crippen molar-refractivity contribution in [3.63, 3.8) is 0 Å². The number of carbonyl (C=O) groups is 1. The van der Waals surface area contributed by atoms with Crippen molar-refractivity contribution in [3.05, 3.63) is 84.6 Å². The van der Waals surface area contributed by atoms with E-state index in [0.717, 1.165) is 16.8 Å². The van der Waals surface area contributed by atoms with Crippen molar-refractivity contribution in [2.45, 2.75) is 0 Å². The lowest BCUT2D eigenvalue weighted by atomic mass is 10.2. The molecule has 27 heavy (non-hydrogen) atoms. The number of anilines is 3. The van der Waals surface area contributed by atoms with Gasteiger partial charge >= 0.3 is 0 Å². The molecular weight excluding hydrogens is 340 g/mol. The van der Waals surface area contributed by atoms with E-state index in [9.17, 15) is 4.79 Å². The third-order valence-electron chi connectivity index (χ3n) is 4.16. The second-order valence-corrected chi connectivity index (χ2v) is 6.01. The largest absolute Gasteiger partial charge is 0.493 e. The van der Waals surface area contributed by atoms with Crippen molar-refractivity contribution < 1.29 is 13.9 Å². The SMILES string of the molecule is COc1cccc2cc(C(=O)Nc3ccc(Nc4ccccc4)cc3)oc12. The van der Waals surface area contributed by atoms with Crippen molar-refractivity contribution in [1.82, 2.24) is 0 Å². The molecule has 0 saturated carbocycles. The predicted octanol–water partition coefficient (Wildman–Crippen LogP) is 5.44. The van der Waals surface area contributed by atoms with Gasteiger partial charge in [0.25, 0.3) is 5.91 Å². The molecule has 0 radical (unpaired) electrons. The van der Waals surface area contributed by atoms with Crippen molar-refractivity contribution >= 4 is 33.9 Å². The molecule has 0 spiro atoms. The number of carbonyl (C=O) groups excluding carboxylic acids is 1. The van der Waals surface area contributed by atoms with Crippen LogP contribution in [0.15, 0.2) is 83.3 Å². The zero-order valence-electron chi connectivity index (χ0n) is 14.7. The number of rotatable bonds is 5. The number of ether oxygens (including phenoxy) is 1. The van der Waals surface area contributed by atoms with E-state index in [1.807, 2.05) is 66.7 Å². The average molecular weight is 358 g/mol. The highest BCUT2D eigenvalue weighted by Gasteiger charge is 2.15. The standard InChI is InChI=1S/C22H18N2O3/c1-26-19-9-5-6-15-14-20(27-21(15)19)22(25)24-18-12-10-17(11-13-18)23-16-7-3-2-4-8-16/h2-14,23H,1H3,(H,24,25). The summed E-state index contributed by atoms with van der Waals surface area (Å²) in [6.07, 6.45) is 0. The first-order chi connectivity index (χ1) is 13.2. The van der Waals surface area contributed by atoms with Crippen LogP contribution < -0.4 is 15.4 Å². The fraction of sp³-hybridized carbons (Fsp3) is 0.0455. The number of benzene rings is 3. The Morgan fingerprint density at radius 2 is 1.56 bits per heavy atom. The summed E-state index contributed by atoms with van der Waals surface area (Å²) in [4.78, 5) is 12.5. The molecule has 0 aliphatic rings. The first kappa shape index (κ1) is 16.7. The lowest BCUT2D eigenvalue weighted by Gasteiger charge is -2.08. The number of hydrogen-bond donors (Lipinski definition) is 2. The Bertz CT molecular complexity index is 1070. The zero-order valence-corrected chi connectivity index (χ0v) is 14.7. The van der Waals surface area contributed by atoms with Gasteiger partial charge in [0.2, 0.25) is 0 Å². The summed E-state index contributed by atoms with van der Waals surface area (Å²) in [5, 5.41) is 6.97. The molecule has 0 fully saturated rings. The maximum Gasteiger partial charge on any atom is 0.291 e. The van der Waals surface area contributed by atoms with Gasteiger partial charge < -0.3 is 19.8 Å². The van der Waals surface area contributed by atoms with Crippen LogP contribution in [0.3, 0.4) is 0 Å². The van der Waals surface area contributed by atoms with Gasteiger partial charge in [-0.1, -0.05) is 30.3 Å². The van der Waals surface area contributed by atoms with Crippen LogP contribution in [0.25, 0.3) is 11.0 Å². The van der Waals surface area contributed by atoms with E-state index >= 15 is 0 Å². The van der Waals surface area contributed by atoms with Crippen LogP contribution in [0.4, 0.5) is 17.1 Å². The highest BCUT2D eigenvalue weighted by Crippen LogP contribution is 2.29. The summed E-state index contributed by atoms with van der Waals surface area (Å²) >= 11 is 0. The van der Waals surface area contributed by atoms with Gasteiger partial charge in [0.1, 0.15) is 0 Å². The van der Waals surface area contributed by atoms with Gasteiger partial charge in [0.05, 0.1) is 7.11 Å². The first-order valence-electron chi connectivity index (χ1n) is 8.53. The van der Waals surface area contributed by atoms with Gasteiger partial charge in [-0.05, 0) is 48.5 Å². The van der Waals surface area contributed by atoms with Crippen LogP contribution in [-0.2, 0) is 0 Å². The van der Waals surface area contributed by atoms with Crippen molar-refractivity contribution in [1.29, 1.82) is 0 Å². The molecule has 1 heterocycles. The molecule has 0 aliphatic heterocycles. The monoisotopic (exact) mass is 358 g/mol. The van der Waals surface area contributed by atoms with E-state index in [2.05, 4.69) is 10.6 Å². The maximum absolute atomic E-state index is 12.5. The molecule has 4 rings (SSSR count). The minimum absolute atomic E-state index is 0.237. The Kier molecular flexibility index (Phi) is 4.49. The Labute approximate surface area is 156 Å². The molecule has 0 saturated heterocycles. The summed E-state index contributed by atoms with van der Waals surface area (Å²) in [5.41, 5.74) is 3.19. The topological polar surface area (TPSA) is 63.5 Å². The van der Waals surface area contributed by atoms with Crippen LogP contribution in [0.2, 0.25) is 0 Å². The molecule has 1 aromatic heterocycles. The predicted molar refractivity (Wildman–Crippen MR) is 107 cm³/mol. The zero-order chi connectivity index (χ0) is 18.6. The van der Waals surface area contributed by atoms with Crippen LogP contribution in [-0.4, -0.2) is 13.0 Å². The molecule has 0 bridgehead atoms. The highest BCUT2D eigenvalue weighted by molar-refractivity contribution is 6.05. The minimum Gasteiger partial charge on any atom is -0.493 e. The van der Waals surface area contributed by atoms with Gasteiger partial charge in [-0.2, -0.15) is 0 Å². The summed E-state index contributed by atoms with van der Waals surface area (Å²) in [6, 6.07) is 24.6. The molecule has 0 atom stereocenters. The molecular formula is C22H18N2O3. The Morgan fingerprint density at radius 1 is 0.852 bits per heavy atom. The average Bonchev–Trinajstić information content (AvgIpc) is 3.15. The third-order valence-corrected chi connectivity index (χ3v) is 4.16. The van der Waals surface area contributed by atoms with Gasteiger partial charge in [-0.3, -0.25) is 4.79 Å². The maximum atomic E-state index is 12.5. The molecule has 4 aromatic rings. The van der Waals surface area contributed by atoms with Crippen molar-refractivity contribution in [2.75, 3.05) is 17.7 Å². The Balaban J connectivity index is 1.48. The van der Waals surface area contributed by atoms with Gasteiger partial charge in [-0.25, -0.2) is 0 Å². The highest BCUT2D eigenvalue weighted by atomic mass is 16.5. The van der Waals surface area contributed by atoms with Gasteiger partial charge in [0, 0.05) is 22.4 Å². The molecule has 5 heteroatoms. The summed E-state index contributed by atoms with van der Waals surface area (Å²) < 4.78 is 10.9. The molecule has 5 nitrogen and oxygen atoms in total. The fourth-order valence-electron chi connectivity index (χ4n) is 2.83. The van der Waals surface area contributed by atoms with Crippen LogP contribution in [0.1, 0.15) is 10.6 Å². The number of fused-ring (bicyclic) bond motifs is 1. The second kappa shape index (κ2) is 7.25. The summed E-state index contributed by atoms with van der Waals surface area (Å²) in [7, 11) is 1.57. The molecule has 3 aromatic carbocycles. The molecule has 2 N–H and O–H groups in total. The third kappa shape index (κ3) is 3.62. The number of amides is 1. The van der Waals surface area contributed by atoms with Gasteiger partial charge in [-0.15, -0.1) is 0 Å². The molecule has 134 valence electrons. The second-order valence-electron chi connectivity index (χ2n) is 6.01. The van der Waals surface area contributed by atoms with Crippen LogP contribution >= 0.6 is 0 Å². The van der Waals surface area contributed by atoms with Gasteiger partial charge in [0.15, 0.2) is 17.1 Å². The van der Waals surface area contributed by atoms with E-state index in [1.54, 1.807) is 19.2 Å². The molecule has 0 unspecified atom stereocenters. The van der Waals surface area contributed by atoms with Crippen molar-refractivity contribution in [3.8, 4) is 5.75 Å². The lowest BCUT2D eigenvalue weighted by Crippen LogP contribution is -2.10. The van der Waals surface area contributed by atoms with E-state index in [0.29, 0.717) is 17.0 Å². The smallest absolute Gasteiger partial charge is 0.291 e. The minimum atomic E-state index is -0.308. The summed E-state index contributed by atoms with van der Waals surface area (Å²) in [5.74, 6) is 0.529. The fourth-order valence-corrected chi connectivity index (χ4v) is 2.83. The number of hydrogen-bond acceptors (Lipinski definition) is 4. The number of para-hydroxylation sites is 2.